The number of hydrogen-bond acceptors (Lipinski definition) is 2. The van der Waals surface area contributed by atoms with Gasteiger partial charge in [-0.15, -0.1) is 0 Å². The van der Waals surface area contributed by atoms with E-state index in [1.807, 2.05) is 4.90 Å². The third-order valence-corrected chi connectivity index (χ3v) is 4.33. The molecule has 1 fully saturated rings. The quantitative estimate of drug-likeness (QED) is 0.586. The summed E-state index contributed by atoms with van der Waals surface area (Å²) in [5.74, 6) is 0.356. The smallest absolute Gasteiger partial charge is 0.222 e. The number of carbonyl (C=O) groups excluding carboxylic acids is 1. The maximum Gasteiger partial charge on any atom is 0.222 e. The summed E-state index contributed by atoms with van der Waals surface area (Å²) in [5.41, 5.74) is 0. The number of nitrogens with zero attached hydrogens (tertiary/aromatic N) is 1. The predicted octanol–water partition coefficient (Wildman–Crippen LogP) is 3.73. The molecule has 1 N–H and O–H groups in total. The molecule has 1 aliphatic heterocycles. The van der Waals surface area contributed by atoms with E-state index in [0.717, 1.165) is 32.5 Å². The highest BCUT2D eigenvalue weighted by atomic mass is 16.2. The Hall–Kier alpha value is -0.570. The van der Waals surface area contributed by atoms with Crippen LogP contribution in [0.2, 0.25) is 0 Å². The molecule has 1 rings (SSSR count). The van der Waals surface area contributed by atoms with Gasteiger partial charge >= 0.3 is 0 Å². The summed E-state index contributed by atoms with van der Waals surface area (Å²) in [6, 6.07) is 0.535. The Labute approximate surface area is 125 Å². The van der Waals surface area contributed by atoms with Crippen molar-refractivity contribution in [3.63, 3.8) is 0 Å². The lowest BCUT2D eigenvalue weighted by atomic mass is 10.1. The number of likely N-dealkylation sites (N-methyl/N-ethyl adjacent to an activating group) is 1. The van der Waals surface area contributed by atoms with E-state index in [-0.39, 0.29) is 0 Å². The molecule has 0 radical (unpaired) electrons. The fourth-order valence-electron chi connectivity index (χ4n) is 2.98. The van der Waals surface area contributed by atoms with Gasteiger partial charge in [-0.1, -0.05) is 45.4 Å². The third-order valence-electron chi connectivity index (χ3n) is 4.33. The van der Waals surface area contributed by atoms with E-state index in [2.05, 4.69) is 19.2 Å². The largest absolute Gasteiger partial charge is 0.341 e. The zero-order chi connectivity index (χ0) is 14.6. The van der Waals surface area contributed by atoms with Crippen molar-refractivity contribution in [2.45, 2.75) is 84.1 Å². The number of amides is 1. The van der Waals surface area contributed by atoms with E-state index in [1.54, 1.807) is 0 Å². The predicted molar refractivity (Wildman–Crippen MR) is 85.9 cm³/mol. The van der Waals surface area contributed by atoms with Gasteiger partial charge in [0.15, 0.2) is 0 Å². The first-order chi connectivity index (χ1) is 9.77. The summed E-state index contributed by atoms with van der Waals surface area (Å²) < 4.78 is 0. The van der Waals surface area contributed by atoms with Gasteiger partial charge in [-0.05, 0) is 32.7 Å². The molecule has 0 bridgehead atoms. The van der Waals surface area contributed by atoms with Crippen LogP contribution >= 0.6 is 0 Å². The first-order valence-electron chi connectivity index (χ1n) is 8.79. The van der Waals surface area contributed by atoms with Crippen LogP contribution in [0.15, 0.2) is 0 Å². The molecule has 3 nitrogen and oxygen atoms in total. The molecular formula is C17H34N2O. The molecule has 0 spiro atoms. The van der Waals surface area contributed by atoms with Crippen molar-refractivity contribution in [1.82, 2.24) is 10.2 Å². The lowest BCUT2D eigenvalue weighted by molar-refractivity contribution is -0.131. The number of carbonyl (C=O) groups is 1. The van der Waals surface area contributed by atoms with Crippen LogP contribution in [0.3, 0.4) is 0 Å². The van der Waals surface area contributed by atoms with Crippen molar-refractivity contribution in [3.05, 3.63) is 0 Å². The van der Waals surface area contributed by atoms with E-state index in [4.69, 9.17) is 0 Å². The van der Waals surface area contributed by atoms with Gasteiger partial charge in [-0.2, -0.15) is 0 Å². The van der Waals surface area contributed by atoms with Crippen LogP contribution in [0.5, 0.6) is 0 Å². The zero-order valence-electron chi connectivity index (χ0n) is 13.6. The van der Waals surface area contributed by atoms with Crippen molar-refractivity contribution in [2.75, 3.05) is 19.6 Å². The molecule has 0 saturated carbocycles. The van der Waals surface area contributed by atoms with Gasteiger partial charge < -0.3 is 10.2 Å². The van der Waals surface area contributed by atoms with Crippen molar-refractivity contribution in [1.29, 1.82) is 0 Å². The second-order valence-electron chi connectivity index (χ2n) is 6.10. The molecule has 0 aromatic carbocycles. The van der Waals surface area contributed by atoms with Gasteiger partial charge in [0.25, 0.3) is 0 Å². The monoisotopic (exact) mass is 282 g/mol. The van der Waals surface area contributed by atoms with Crippen molar-refractivity contribution < 1.29 is 4.79 Å². The summed E-state index contributed by atoms with van der Waals surface area (Å²) in [6.45, 7) is 7.22. The summed E-state index contributed by atoms with van der Waals surface area (Å²) in [4.78, 5) is 14.2. The molecule has 118 valence electrons. The molecular weight excluding hydrogens is 248 g/mol. The van der Waals surface area contributed by atoms with E-state index in [1.165, 1.54) is 51.4 Å². The molecule has 20 heavy (non-hydrogen) atoms. The Bertz CT molecular complexity index is 249. The zero-order valence-corrected chi connectivity index (χ0v) is 13.6. The fourth-order valence-corrected chi connectivity index (χ4v) is 2.98. The van der Waals surface area contributed by atoms with Gasteiger partial charge in [0, 0.05) is 25.6 Å². The van der Waals surface area contributed by atoms with E-state index in [9.17, 15) is 4.79 Å². The molecule has 1 heterocycles. The van der Waals surface area contributed by atoms with E-state index < -0.39 is 0 Å². The number of hydrogen-bond donors (Lipinski definition) is 1. The van der Waals surface area contributed by atoms with Crippen LogP contribution in [0.25, 0.3) is 0 Å². The summed E-state index contributed by atoms with van der Waals surface area (Å²) in [5, 5.41) is 3.48. The lowest BCUT2D eigenvalue weighted by Crippen LogP contribution is -2.40. The molecule has 0 aliphatic carbocycles. The molecule has 3 heteroatoms. The SMILES string of the molecule is CCCCCCCCCC(=O)N(CC)CC1CCCN1. The average molecular weight is 282 g/mol. The Kier molecular flexibility index (Phi) is 9.73. The number of rotatable bonds is 11. The van der Waals surface area contributed by atoms with Gasteiger partial charge in [0.1, 0.15) is 0 Å². The maximum atomic E-state index is 12.2. The summed E-state index contributed by atoms with van der Waals surface area (Å²) in [7, 11) is 0. The van der Waals surface area contributed by atoms with Crippen LogP contribution in [0, 0.1) is 0 Å². The Morgan fingerprint density at radius 1 is 1.10 bits per heavy atom. The van der Waals surface area contributed by atoms with Crippen LogP contribution in [0.4, 0.5) is 0 Å². The van der Waals surface area contributed by atoms with Crippen LogP contribution < -0.4 is 5.32 Å². The highest BCUT2D eigenvalue weighted by Crippen LogP contribution is 2.11. The number of nitrogens with one attached hydrogen (secondary N) is 1. The van der Waals surface area contributed by atoms with Crippen LogP contribution in [-0.2, 0) is 4.79 Å². The molecule has 1 saturated heterocycles. The highest BCUT2D eigenvalue weighted by molar-refractivity contribution is 5.76. The highest BCUT2D eigenvalue weighted by Gasteiger charge is 2.19. The first kappa shape index (κ1) is 17.5. The van der Waals surface area contributed by atoms with Crippen LogP contribution in [-0.4, -0.2) is 36.5 Å². The molecule has 0 aromatic heterocycles. The van der Waals surface area contributed by atoms with Crippen molar-refractivity contribution in [3.8, 4) is 0 Å². The molecule has 1 aliphatic rings. The topological polar surface area (TPSA) is 32.3 Å². The standard InChI is InChI=1S/C17H34N2O/c1-3-5-6-7-8-9-10-13-17(20)19(4-2)15-16-12-11-14-18-16/h16,18H,3-15H2,1-2H3. The second-order valence-corrected chi connectivity index (χ2v) is 6.10. The van der Waals surface area contributed by atoms with Crippen LogP contribution in [0.1, 0.15) is 78.1 Å². The molecule has 1 atom stereocenters. The Balaban J connectivity index is 2.06. The molecule has 0 aromatic rings. The number of unbranched alkanes of at least 4 members (excludes halogenated alkanes) is 6. The van der Waals surface area contributed by atoms with Crippen molar-refractivity contribution in [2.24, 2.45) is 0 Å². The minimum atomic E-state index is 0.356. The van der Waals surface area contributed by atoms with E-state index >= 15 is 0 Å². The Morgan fingerprint density at radius 2 is 1.80 bits per heavy atom. The Morgan fingerprint density at radius 3 is 2.40 bits per heavy atom. The summed E-state index contributed by atoms with van der Waals surface area (Å²) in [6.07, 6.45) is 12.2. The minimum Gasteiger partial charge on any atom is -0.341 e. The summed E-state index contributed by atoms with van der Waals surface area (Å²) >= 11 is 0. The molecule has 1 unspecified atom stereocenters. The molecule has 1 amide bonds. The van der Waals surface area contributed by atoms with Gasteiger partial charge in [-0.3, -0.25) is 4.79 Å². The first-order valence-corrected chi connectivity index (χ1v) is 8.79. The van der Waals surface area contributed by atoms with Gasteiger partial charge in [-0.25, -0.2) is 0 Å². The minimum absolute atomic E-state index is 0.356. The maximum absolute atomic E-state index is 12.2. The average Bonchev–Trinajstić information content (AvgIpc) is 2.96. The second kappa shape index (κ2) is 11.1. The van der Waals surface area contributed by atoms with E-state index in [0.29, 0.717) is 11.9 Å². The lowest BCUT2D eigenvalue weighted by Gasteiger charge is -2.24. The third kappa shape index (κ3) is 7.28. The van der Waals surface area contributed by atoms with Gasteiger partial charge in [0.2, 0.25) is 5.91 Å². The normalized spacial score (nSPS) is 18.4. The van der Waals surface area contributed by atoms with Crippen molar-refractivity contribution >= 4 is 5.91 Å². The van der Waals surface area contributed by atoms with Gasteiger partial charge in [0.05, 0.1) is 0 Å². The fraction of sp³-hybridized carbons (Fsp3) is 0.941.